The Morgan fingerprint density at radius 2 is 2.33 bits per heavy atom. The minimum Gasteiger partial charge on any atom is -0.303 e. The van der Waals surface area contributed by atoms with Crippen molar-refractivity contribution in [3.05, 3.63) is 0 Å². The summed E-state index contributed by atoms with van der Waals surface area (Å²) in [5.41, 5.74) is 0. The van der Waals surface area contributed by atoms with E-state index in [2.05, 4.69) is 11.8 Å². The van der Waals surface area contributed by atoms with Crippen molar-refractivity contribution in [3.63, 3.8) is 0 Å². The second kappa shape index (κ2) is 4.61. The summed E-state index contributed by atoms with van der Waals surface area (Å²) in [7, 11) is 0. The van der Waals surface area contributed by atoms with Gasteiger partial charge in [-0.3, -0.25) is 0 Å². The maximum absolute atomic E-state index is 10.7. The van der Waals surface area contributed by atoms with E-state index in [4.69, 9.17) is 0 Å². The second-order valence-corrected chi connectivity index (χ2v) is 3.79. The third-order valence-electron chi connectivity index (χ3n) is 2.72. The molecule has 2 heteroatoms. The molecule has 0 N–H and O–H groups in total. The Hall–Kier alpha value is -0.370. The first kappa shape index (κ1) is 9.72. The van der Waals surface area contributed by atoms with Crippen LogP contribution in [-0.4, -0.2) is 30.3 Å². The molecular weight excluding hydrogens is 150 g/mol. The van der Waals surface area contributed by atoms with Gasteiger partial charge in [0.1, 0.15) is 5.78 Å². The van der Waals surface area contributed by atoms with Gasteiger partial charge < -0.3 is 9.69 Å². The van der Waals surface area contributed by atoms with Gasteiger partial charge in [-0.15, -0.1) is 0 Å². The van der Waals surface area contributed by atoms with Crippen LogP contribution in [0.25, 0.3) is 0 Å². The van der Waals surface area contributed by atoms with Crippen LogP contribution >= 0.6 is 0 Å². The number of ketones is 1. The van der Waals surface area contributed by atoms with Crippen LogP contribution in [0.15, 0.2) is 0 Å². The smallest absolute Gasteiger partial charge is 0.129 e. The van der Waals surface area contributed by atoms with Crippen molar-refractivity contribution in [3.8, 4) is 0 Å². The van der Waals surface area contributed by atoms with E-state index in [1.807, 2.05) is 0 Å². The molecule has 12 heavy (non-hydrogen) atoms. The maximum Gasteiger partial charge on any atom is 0.129 e. The largest absolute Gasteiger partial charge is 0.303 e. The highest BCUT2D eigenvalue weighted by molar-refractivity contribution is 5.75. The SMILES string of the molecule is CCN1CCC(CCC(C)=O)C1. The van der Waals surface area contributed by atoms with Gasteiger partial charge >= 0.3 is 0 Å². The summed E-state index contributed by atoms with van der Waals surface area (Å²) in [5.74, 6) is 1.12. The Bertz CT molecular complexity index is 156. The molecule has 0 aliphatic carbocycles. The second-order valence-electron chi connectivity index (χ2n) is 3.79. The molecule has 0 radical (unpaired) electrons. The first-order valence-corrected chi connectivity index (χ1v) is 4.94. The van der Waals surface area contributed by atoms with Gasteiger partial charge in [-0.2, -0.15) is 0 Å². The highest BCUT2D eigenvalue weighted by Gasteiger charge is 2.20. The Kier molecular flexibility index (Phi) is 3.73. The molecular formula is C10H19NO. The molecule has 0 amide bonds. The van der Waals surface area contributed by atoms with E-state index in [9.17, 15) is 4.79 Å². The molecule has 2 nitrogen and oxygen atoms in total. The number of likely N-dealkylation sites (tertiary alicyclic amines) is 1. The average molecular weight is 169 g/mol. The van der Waals surface area contributed by atoms with Crippen LogP contribution in [0.3, 0.4) is 0 Å². The average Bonchev–Trinajstić information content (AvgIpc) is 2.48. The Balaban J connectivity index is 2.15. The van der Waals surface area contributed by atoms with Crippen LogP contribution in [0.4, 0.5) is 0 Å². The molecule has 0 spiro atoms. The zero-order valence-electron chi connectivity index (χ0n) is 8.18. The topological polar surface area (TPSA) is 20.3 Å². The van der Waals surface area contributed by atoms with Crippen molar-refractivity contribution < 1.29 is 4.79 Å². The molecule has 70 valence electrons. The summed E-state index contributed by atoms with van der Waals surface area (Å²) in [6.45, 7) is 7.50. The summed E-state index contributed by atoms with van der Waals surface area (Å²) < 4.78 is 0. The van der Waals surface area contributed by atoms with Crippen molar-refractivity contribution in [2.45, 2.75) is 33.1 Å². The van der Waals surface area contributed by atoms with Gasteiger partial charge in [0.05, 0.1) is 0 Å². The lowest BCUT2D eigenvalue weighted by Crippen LogP contribution is -2.19. The fraction of sp³-hybridized carbons (Fsp3) is 0.900. The summed E-state index contributed by atoms with van der Waals surface area (Å²) in [6, 6.07) is 0. The molecule has 1 rings (SSSR count). The van der Waals surface area contributed by atoms with Gasteiger partial charge in [-0.1, -0.05) is 6.92 Å². The first-order chi connectivity index (χ1) is 5.72. The van der Waals surface area contributed by atoms with Gasteiger partial charge in [-0.25, -0.2) is 0 Å². The summed E-state index contributed by atoms with van der Waals surface area (Å²) in [6.07, 6.45) is 3.18. The Morgan fingerprint density at radius 3 is 2.83 bits per heavy atom. The fourth-order valence-corrected chi connectivity index (χ4v) is 1.84. The van der Waals surface area contributed by atoms with E-state index >= 15 is 0 Å². The van der Waals surface area contributed by atoms with Gasteiger partial charge in [0.2, 0.25) is 0 Å². The van der Waals surface area contributed by atoms with Crippen LogP contribution in [0.1, 0.15) is 33.1 Å². The van der Waals surface area contributed by atoms with Crippen LogP contribution in [0.5, 0.6) is 0 Å². The molecule has 0 bridgehead atoms. The molecule has 1 unspecified atom stereocenters. The highest BCUT2D eigenvalue weighted by Crippen LogP contribution is 2.20. The summed E-state index contributed by atoms with van der Waals surface area (Å²) in [5, 5.41) is 0. The van der Waals surface area contributed by atoms with Gasteiger partial charge in [0, 0.05) is 13.0 Å². The molecule has 1 fully saturated rings. The molecule has 0 aromatic carbocycles. The number of carbonyl (C=O) groups is 1. The van der Waals surface area contributed by atoms with Gasteiger partial charge in [0.15, 0.2) is 0 Å². The van der Waals surface area contributed by atoms with Crippen molar-refractivity contribution in [1.82, 2.24) is 4.90 Å². The van der Waals surface area contributed by atoms with Gasteiger partial charge in [-0.05, 0) is 38.8 Å². The van der Waals surface area contributed by atoms with Crippen LogP contribution < -0.4 is 0 Å². The van der Waals surface area contributed by atoms with E-state index in [-0.39, 0.29) is 0 Å². The maximum atomic E-state index is 10.7. The van der Waals surface area contributed by atoms with Crippen molar-refractivity contribution >= 4 is 5.78 Å². The lowest BCUT2D eigenvalue weighted by molar-refractivity contribution is -0.117. The quantitative estimate of drug-likeness (QED) is 0.638. The highest BCUT2D eigenvalue weighted by atomic mass is 16.1. The number of rotatable bonds is 4. The van der Waals surface area contributed by atoms with Gasteiger partial charge in [0.25, 0.3) is 0 Å². The predicted molar refractivity (Wildman–Crippen MR) is 50.1 cm³/mol. The van der Waals surface area contributed by atoms with Crippen LogP contribution in [0, 0.1) is 5.92 Å². The van der Waals surface area contributed by atoms with E-state index in [1.54, 1.807) is 6.92 Å². The van der Waals surface area contributed by atoms with Crippen molar-refractivity contribution in [2.75, 3.05) is 19.6 Å². The lowest BCUT2D eigenvalue weighted by atomic mass is 10.0. The number of carbonyl (C=O) groups excluding carboxylic acids is 1. The number of nitrogens with zero attached hydrogens (tertiary/aromatic N) is 1. The normalized spacial score (nSPS) is 24.7. The van der Waals surface area contributed by atoms with Crippen LogP contribution in [-0.2, 0) is 4.79 Å². The minimum atomic E-state index is 0.338. The van der Waals surface area contributed by atoms with Crippen molar-refractivity contribution in [2.24, 2.45) is 5.92 Å². The third kappa shape index (κ3) is 2.94. The number of hydrogen-bond donors (Lipinski definition) is 0. The van der Waals surface area contributed by atoms with E-state index in [0.717, 1.165) is 25.3 Å². The molecule has 0 aromatic rings. The molecule has 1 heterocycles. The van der Waals surface area contributed by atoms with Crippen LogP contribution in [0.2, 0.25) is 0 Å². The monoisotopic (exact) mass is 169 g/mol. The molecule has 1 atom stereocenters. The molecule has 0 aromatic heterocycles. The minimum absolute atomic E-state index is 0.338. The molecule has 0 saturated carbocycles. The molecule has 1 saturated heterocycles. The van der Waals surface area contributed by atoms with E-state index in [0.29, 0.717) is 5.78 Å². The predicted octanol–water partition coefficient (Wildman–Crippen LogP) is 1.70. The third-order valence-corrected chi connectivity index (χ3v) is 2.72. The first-order valence-electron chi connectivity index (χ1n) is 4.94. The summed E-state index contributed by atoms with van der Waals surface area (Å²) >= 11 is 0. The van der Waals surface area contributed by atoms with E-state index < -0.39 is 0 Å². The standard InChI is InChI=1S/C10H19NO/c1-3-11-7-6-10(8-11)5-4-9(2)12/h10H,3-8H2,1-2H3. The summed E-state index contributed by atoms with van der Waals surface area (Å²) in [4.78, 5) is 13.2. The fourth-order valence-electron chi connectivity index (χ4n) is 1.84. The van der Waals surface area contributed by atoms with Crippen molar-refractivity contribution in [1.29, 1.82) is 0 Å². The Labute approximate surface area is 74.9 Å². The zero-order valence-corrected chi connectivity index (χ0v) is 8.18. The number of hydrogen-bond acceptors (Lipinski definition) is 2. The number of Topliss-reactive ketones (excluding diaryl/α,β-unsaturated/α-hetero) is 1. The van der Waals surface area contributed by atoms with E-state index in [1.165, 1.54) is 19.5 Å². The zero-order chi connectivity index (χ0) is 8.97. The molecule has 1 aliphatic rings. The Morgan fingerprint density at radius 1 is 1.58 bits per heavy atom. The lowest BCUT2D eigenvalue weighted by Gasteiger charge is -2.12. The molecule has 1 aliphatic heterocycles.